The molecule has 0 aromatic rings. The van der Waals surface area contributed by atoms with Crippen molar-refractivity contribution in [2.75, 3.05) is 0 Å². The van der Waals surface area contributed by atoms with Crippen molar-refractivity contribution in [3.8, 4) is 0 Å². The molecule has 0 fully saturated rings. The van der Waals surface area contributed by atoms with Gasteiger partial charge in [0.2, 0.25) is 0 Å². The Labute approximate surface area is 133 Å². The fraction of sp³-hybridized carbons (Fsp3) is 0.850. The molecule has 0 saturated heterocycles. The van der Waals surface area contributed by atoms with Crippen molar-refractivity contribution in [1.29, 1.82) is 0 Å². The quantitative estimate of drug-likeness (QED) is 0.221. The molecule has 1 heteroatoms. The van der Waals surface area contributed by atoms with Crippen LogP contribution in [0.25, 0.3) is 0 Å². The van der Waals surface area contributed by atoms with Gasteiger partial charge in [0.25, 0.3) is 0 Å². The summed E-state index contributed by atoms with van der Waals surface area (Å²) in [6.07, 6.45) is 22.5. The number of ketones is 1. The molecule has 0 amide bonds. The van der Waals surface area contributed by atoms with Crippen molar-refractivity contribution < 1.29 is 4.79 Å². The molecule has 0 aromatic heterocycles. The van der Waals surface area contributed by atoms with E-state index in [-0.39, 0.29) is 0 Å². The zero-order valence-corrected chi connectivity index (χ0v) is 14.7. The number of hydrogen-bond donors (Lipinski definition) is 0. The van der Waals surface area contributed by atoms with Gasteiger partial charge >= 0.3 is 0 Å². The first-order valence-electron chi connectivity index (χ1n) is 9.48. The molecule has 0 aliphatic rings. The van der Waals surface area contributed by atoms with Crippen LogP contribution < -0.4 is 0 Å². The van der Waals surface area contributed by atoms with Gasteiger partial charge in [-0.25, -0.2) is 0 Å². The lowest BCUT2D eigenvalue weighted by molar-refractivity contribution is -0.119. The molecular formula is C20H38O. The van der Waals surface area contributed by atoms with Crippen LogP contribution in [0.5, 0.6) is 0 Å². The molecule has 0 N–H and O–H groups in total. The number of Topliss-reactive ketones (excluding diaryl/α,β-unsaturated/α-hetero) is 1. The molecule has 124 valence electrons. The van der Waals surface area contributed by atoms with Crippen molar-refractivity contribution in [3.05, 3.63) is 12.2 Å². The molecular weight excluding hydrogens is 256 g/mol. The van der Waals surface area contributed by atoms with Crippen molar-refractivity contribution in [1.82, 2.24) is 0 Å². The van der Waals surface area contributed by atoms with E-state index < -0.39 is 0 Å². The molecule has 0 bridgehead atoms. The van der Waals surface area contributed by atoms with E-state index in [0.717, 1.165) is 32.1 Å². The molecule has 0 unspecified atom stereocenters. The lowest BCUT2D eigenvalue weighted by Crippen LogP contribution is -1.97. The van der Waals surface area contributed by atoms with E-state index >= 15 is 0 Å². The van der Waals surface area contributed by atoms with Gasteiger partial charge in [0.05, 0.1) is 0 Å². The lowest BCUT2D eigenvalue weighted by Gasteiger charge is -2.01. The Kier molecular flexibility index (Phi) is 17.0. The van der Waals surface area contributed by atoms with Crippen molar-refractivity contribution in [2.45, 2.75) is 110 Å². The van der Waals surface area contributed by atoms with E-state index in [1.165, 1.54) is 64.2 Å². The highest BCUT2D eigenvalue weighted by molar-refractivity contribution is 5.78. The van der Waals surface area contributed by atoms with E-state index in [9.17, 15) is 4.79 Å². The van der Waals surface area contributed by atoms with Gasteiger partial charge in [-0.15, -0.1) is 0 Å². The molecule has 0 heterocycles. The summed E-state index contributed by atoms with van der Waals surface area (Å²) in [7, 11) is 0. The summed E-state index contributed by atoms with van der Waals surface area (Å²) < 4.78 is 0. The zero-order chi connectivity index (χ0) is 15.6. The molecule has 1 nitrogen and oxygen atoms in total. The SMILES string of the molecule is CCCCC/C=C\CCCC(=O)CCCCCCCCC. The van der Waals surface area contributed by atoms with Crippen LogP contribution in [0.3, 0.4) is 0 Å². The molecule has 0 aromatic carbocycles. The second-order valence-electron chi connectivity index (χ2n) is 6.27. The van der Waals surface area contributed by atoms with Crippen LogP contribution in [0.4, 0.5) is 0 Å². The van der Waals surface area contributed by atoms with Gasteiger partial charge in [-0.3, -0.25) is 4.79 Å². The minimum absolute atomic E-state index is 0.475. The number of rotatable bonds is 16. The molecule has 0 spiro atoms. The predicted molar refractivity (Wildman–Crippen MR) is 94.8 cm³/mol. The number of carbonyl (C=O) groups excluding carboxylic acids is 1. The first-order valence-corrected chi connectivity index (χ1v) is 9.48. The summed E-state index contributed by atoms with van der Waals surface area (Å²) in [5, 5.41) is 0. The Bertz CT molecular complexity index is 242. The van der Waals surface area contributed by atoms with Crippen LogP contribution in [-0.2, 0) is 4.79 Å². The average molecular weight is 295 g/mol. The third kappa shape index (κ3) is 17.4. The fourth-order valence-corrected chi connectivity index (χ4v) is 2.57. The lowest BCUT2D eigenvalue weighted by atomic mass is 10.0. The molecule has 21 heavy (non-hydrogen) atoms. The molecule has 0 rings (SSSR count). The summed E-state index contributed by atoms with van der Waals surface area (Å²) in [6, 6.07) is 0. The fourth-order valence-electron chi connectivity index (χ4n) is 2.57. The van der Waals surface area contributed by atoms with Gasteiger partial charge in [-0.2, -0.15) is 0 Å². The first-order chi connectivity index (χ1) is 10.3. The Morgan fingerprint density at radius 3 is 1.76 bits per heavy atom. The van der Waals surface area contributed by atoms with Gasteiger partial charge in [0.15, 0.2) is 0 Å². The van der Waals surface area contributed by atoms with Gasteiger partial charge in [0.1, 0.15) is 5.78 Å². The second-order valence-corrected chi connectivity index (χ2v) is 6.27. The van der Waals surface area contributed by atoms with E-state index in [0.29, 0.717) is 5.78 Å². The second kappa shape index (κ2) is 17.5. The van der Waals surface area contributed by atoms with Gasteiger partial charge in [-0.1, -0.05) is 77.4 Å². The Hall–Kier alpha value is -0.590. The smallest absolute Gasteiger partial charge is 0.132 e. The highest BCUT2D eigenvalue weighted by atomic mass is 16.1. The average Bonchev–Trinajstić information content (AvgIpc) is 2.49. The monoisotopic (exact) mass is 294 g/mol. The molecule has 0 atom stereocenters. The van der Waals surface area contributed by atoms with E-state index in [2.05, 4.69) is 26.0 Å². The Balaban J connectivity index is 3.23. The molecule has 0 radical (unpaired) electrons. The minimum Gasteiger partial charge on any atom is -0.300 e. The number of carbonyl (C=O) groups is 1. The largest absolute Gasteiger partial charge is 0.300 e. The van der Waals surface area contributed by atoms with E-state index in [1.807, 2.05) is 0 Å². The van der Waals surface area contributed by atoms with Crippen molar-refractivity contribution in [3.63, 3.8) is 0 Å². The van der Waals surface area contributed by atoms with Gasteiger partial charge in [-0.05, 0) is 32.1 Å². The zero-order valence-electron chi connectivity index (χ0n) is 14.7. The number of unbranched alkanes of at least 4 members (excludes halogenated alkanes) is 10. The third-order valence-electron chi connectivity index (χ3n) is 4.03. The first kappa shape index (κ1) is 20.4. The maximum absolute atomic E-state index is 11.7. The summed E-state index contributed by atoms with van der Waals surface area (Å²) in [5.74, 6) is 0.475. The molecule has 0 saturated carbocycles. The Morgan fingerprint density at radius 1 is 0.619 bits per heavy atom. The minimum atomic E-state index is 0.475. The van der Waals surface area contributed by atoms with Crippen LogP contribution in [0.2, 0.25) is 0 Å². The number of allylic oxidation sites excluding steroid dienone is 2. The summed E-state index contributed by atoms with van der Waals surface area (Å²) in [5.41, 5.74) is 0. The maximum Gasteiger partial charge on any atom is 0.132 e. The van der Waals surface area contributed by atoms with E-state index in [4.69, 9.17) is 0 Å². The van der Waals surface area contributed by atoms with Gasteiger partial charge < -0.3 is 0 Å². The van der Waals surface area contributed by atoms with Crippen LogP contribution in [0.15, 0.2) is 12.2 Å². The standard InChI is InChI=1S/C20H38O/c1-3-5-7-9-11-13-15-17-19-20(21)18-16-14-12-10-8-6-4-2/h11,13H,3-10,12,14-19H2,1-2H3/b13-11-. The molecule has 0 aliphatic carbocycles. The van der Waals surface area contributed by atoms with Crippen LogP contribution in [-0.4, -0.2) is 5.78 Å². The van der Waals surface area contributed by atoms with Crippen molar-refractivity contribution in [2.24, 2.45) is 0 Å². The van der Waals surface area contributed by atoms with Gasteiger partial charge in [0, 0.05) is 12.8 Å². The van der Waals surface area contributed by atoms with Crippen molar-refractivity contribution >= 4 is 5.78 Å². The normalized spacial score (nSPS) is 11.3. The highest BCUT2D eigenvalue weighted by Gasteiger charge is 2.00. The van der Waals surface area contributed by atoms with Crippen LogP contribution >= 0.6 is 0 Å². The third-order valence-corrected chi connectivity index (χ3v) is 4.03. The highest BCUT2D eigenvalue weighted by Crippen LogP contribution is 2.10. The topological polar surface area (TPSA) is 17.1 Å². The summed E-state index contributed by atoms with van der Waals surface area (Å²) >= 11 is 0. The maximum atomic E-state index is 11.7. The summed E-state index contributed by atoms with van der Waals surface area (Å²) in [4.78, 5) is 11.7. The number of hydrogen-bond acceptors (Lipinski definition) is 1. The summed E-state index contributed by atoms with van der Waals surface area (Å²) in [6.45, 7) is 4.49. The predicted octanol–water partition coefficient (Wildman–Crippen LogP) is 7.00. The van der Waals surface area contributed by atoms with E-state index in [1.54, 1.807) is 0 Å². The Morgan fingerprint density at radius 2 is 1.10 bits per heavy atom. The molecule has 0 aliphatic heterocycles. The van der Waals surface area contributed by atoms with Crippen LogP contribution in [0.1, 0.15) is 110 Å². The van der Waals surface area contributed by atoms with Crippen LogP contribution in [0, 0.1) is 0 Å².